The van der Waals surface area contributed by atoms with Crippen molar-refractivity contribution in [2.75, 3.05) is 19.6 Å². The van der Waals surface area contributed by atoms with Gasteiger partial charge in [0.2, 0.25) is 20.0 Å². The molecule has 1 saturated carbocycles. The third-order valence-electron chi connectivity index (χ3n) is 4.93. The summed E-state index contributed by atoms with van der Waals surface area (Å²) in [6.07, 6.45) is 3.23. The van der Waals surface area contributed by atoms with Crippen LogP contribution < -0.4 is 9.44 Å². The van der Waals surface area contributed by atoms with Gasteiger partial charge in [-0.2, -0.15) is 0 Å². The molecule has 1 fully saturated rings. The number of likely N-dealkylation sites (N-methyl/N-ethyl adjacent to an activating group) is 1. The molecule has 0 amide bonds. The zero-order valence-corrected chi connectivity index (χ0v) is 18.2. The number of nitrogens with one attached hydrogen (secondary N) is 2. The highest BCUT2D eigenvalue weighted by atomic mass is 32.2. The molecule has 0 radical (unpaired) electrons. The topological polar surface area (TPSA) is 109 Å². The molecule has 0 bridgehead atoms. The molecule has 8 nitrogen and oxygen atoms in total. The summed E-state index contributed by atoms with van der Waals surface area (Å²) in [4.78, 5) is 2.17. The first kappa shape index (κ1) is 22.0. The van der Waals surface area contributed by atoms with Crippen molar-refractivity contribution in [2.45, 2.75) is 48.6 Å². The van der Waals surface area contributed by atoms with E-state index in [0.717, 1.165) is 25.9 Å². The van der Waals surface area contributed by atoms with Gasteiger partial charge in [-0.15, -0.1) is 0 Å². The van der Waals surface area contributed by atoms with E-state index in [9.17, 15) is 16.8 Å². The molecule has 3 rings (SSSR count). The van der Waals surface area contributed by atoms with Gasteiger partial charge >= 0.3 is 0 Å². The summed E-state index contributed by atoms with van der Waals surface area (Å²) in [5, 5.41) is 0. The molecule has 0 spiro atoms. The molecule has 1 aromatic heterocycles. The van der Waals surface area contributed by atoms with Gasteiger partial charge in [0.15, 0.2) is 0 Å². The van der Waals surface area contributed by atoms with E-state index in [0.29, 0.717) is 5.76 Å². The first-order valence-corrected chi connectivity index (χ1v) is 12.6. The summed E-state index contributed by atoms with van der Waals surface area (Å²) in [5.74, 6) is 0.684. The zero-order chi connectivity index (χ0) is 21.1. The van der Waals surface area contributed by atoms with E-state index in [4.69, 9.17) is 4.42 Å². The van der Waals surface area contributed by atoms with Crippen molar-refractivity contribution < 1.29 is 21.3 Å². The van der Waals surface area contributed by atoms with Crippen molar-refractivity contribution in [1.82, 2.24) is 14.3 Å². The molecule has 1 aliphatic carbocycles. The fourth-order valence-electron chi connectivity index (χ4n) is 3.11. The van der Waals surface area contributed by atoms with Crippen LogP contribution in [0.3, 0.4) is 0 Å². The van der Waals surface area contributed by atoms with Crippen LogP contribution in [0.1, 0.15) is 38.5 Å². The minimum atomic E-state index is -3.80. The lowest BCUT2D eigenvalue weighted by atomic mass is 10.2. The molecule has 1 aromatic carbocycles. The number of benzene rings is 1. The third kappa shape index (κ3) is 5.46. The molecule has 1 heterocycles. The fourth-order valence-corrected chi connectivity index (χ4v) is 5.46. The molecule has 0 aliphatic heterocycles. The van der Waals surface area contributed by atoms with Crippen molar-refractivity contribution in [1.29, 1.82) is 0 Å². The maximum Gasteiger partial charge on any atom is 0.240 e. The van der Waals surface area contributed by atoms with Gasteiger partial charge in [-0.1, -0.05) is 13.8 Å². The summed E-state index contributed by atoms with van der Waals surface area (Å²) >= 11 is 0. The molecule has 2 N–H and O–H groups in total. The number of sulfonamides is 2. The maximum atomic E-state index is 12.7. The van der Waals surface area contributed by atoms with Crippen molar-refractivity contribution in [2.24, 2.45) is 0 Å². The van der Waals surface area contributed by atoms with Crippen LogP contribution in [0.5, 0.6) is 0 Å². The van der Waals surface area contributed by atoms with Gasteiger partial charge in [-0.05, 0) is 62.3 Å². The summed E-state index contributed by atoms with van der Waals surface area (Å²) < 4.78 is 60.6. The third-order valence-corrected chi connectivity index (χ3v) is 7.91. The van der Waals surface area contributed by atoms with Gasteiger partial charge in [-0.25, -0.2) is 26.3 Å². The highest BCUT2D eigenvalue weighted by Gasteiger charge is 2.28. The van der Waals surface area contributed by atoms with E-state index >= 15 is 0 Å². The molecule has 1 unspecified atom stereocenters. The number of nitrogens with zero attached hydrogens (tertiary/aromatic N) is 1. The Morgan fingerprint density at radius 2 is 1.59 bits per heavy atom. The normalized spacial score (nSPS) is 16.2. The Labute approximate surface area is 172 Å². The molecule has 1 atom stereocenters. The number of hydrogen-bond acceptors (Lipinski definition) is 6. The summed E-state index contributed by atoms with van der Waals surface area (Å²) in [7, 11) is -7.42. The highest BCUT2D eigenvalue weighted by molar-refractivity contribution is 7.90. The van der Waals surface area contributed by atoms with E-state index in [1.54, 1.807) is 12.3 Å². The number of hydrogen-bond donors (Lipinski definition) is 2. The minimum Gasteiger partial charge on any atom is -0.468 e. The molecule has 29 heavy (non-hydrogen) atoms. The summed E-state index contributed by atoms with van der Waals surface area (Å²) in [6, 6.07) is 8.59. The van der Waals surface area contributed by atoms with Crippen LogP contribution in [0.4, 0.5) is 0 Å². The Morgan fingerprint density at radius 1 is 1.00 bits per heavy atom. The maximum absolute atomic E-state index is 12.7. The molecular formula is C19H27N3O5S2. The van der Waals surface area contributed by atoms with Crippen molar-refractivity contribution in [3.8, 4) is 0 Å². The first-order chi connectivity index (χ1) is 13.8. The van der Waals surface area contributed by atoms with E-state index < -0.39 is 20.0 Å². The van der Waals surface area contributed by atoms with Gasteiger partial charge in [-0.3, -0.25) is 4.90 Å². The van der Waals surface area contributed by atoms with Gasteiger partial charge < -0.3 is 4.42 Å². The van der Waals surface area contributed by atoms with Gasteiger partial charge in [0.05, 0.1) is 22.1 Å². The standard InChI is InChI=1S/C19H27N3O5S2/c1-3-22(4-2)18(19-6-5-13-27-19)14-20-28(23,24)16-9-11-17(12-10-16)29(25,26)21-15-7-8-15/h5-6,9-13,15,18,20-21H,3-4,7-8,14H2,1-2H3. The second-order valence-electron chi connectivity index (χ2n) is 6.97. The van der Waals surface area contributed by atoms with Crippen LogP contribution in [0.15, 0.2) is 56.9 Å². The SMILES string of the molecule is CCN(CC)C(CNS(=O)(=O)c1ccc(S(=O)(=O)NC2CC2)cc1)c1ccco1. The Bertz CT molecular complexity index is 995. The predicted molar refractivity (Wildman–Crippen MR) is 109 cm³/mol. The lowest BCUT2D eigenvalue weighted by molar-refractivity contribution is 0.194. The van der Waals surface area contributed by atoms with Crippen LogP contribution in [-0.4, -0.2) is 47.4 Å². The predicted octanol–water partition coefficient (Wildman–Crippen LogP) is 2.08. The van der Waals surface area contributed by atoms with Crippen LogP contribution in [0, 0.1) is 0 Å². The second-order valence-corrected chi connectivity index (χ2v) is 10.5. The molecule has 10 heteroatoms. The van der Waals surface area contributed by atoms with Crippen LogP contribution in [-0.2, 0) is 20.0 Å². The van der Waals surface area contributed by atoms with E-state index in [1.165, 1.54) is 24.3 Å². The van der Waals surface area contributed by atoms with Crippen molar-refractivity contribution in [3.63, 3.8) is 0 Å². The molecule has 1 aliphatic rings. The Kier molecular flexibility index (Phi) is 6.79. The fraction of sp³-hybridized carbons (Fsp3) is 0.474. The molecular weight excluding hydrogens is 414 g/mol. The van der Waals surface area contributed by atoms with E-state index in [1.807, 2.05) is 19.9 Å². The van der Waals surface area contributed by atoms with E-state index in [-0.39, 0.29) is 28.4 Å². The van der Waals surface area contributed by atoms with E-state index in [2.05, 4.69) is 14.3 Å². The average Bonchev–Trinajstić information content (AvgIpc) is 3.33. The Balaban J connectivity index is 1.72. The summed E-state index contributed by atoms with van der Waals surface area (Å²) in [6.45, 7) is 5.63. The van der Waals surface area contributed by atoms with Gasteiger partial charge in [0.25, 0.3) is 0 Å². The molecule has 2 aromatic rings. The zero-order valence-electron chi connectivity index (χ0n) is 16.5. The van der Waals surface area contributed by atoms with Crippen LogP contribution >= 0.6 is 0 Å². The lowest BCUT2D eigenvalue weighted by Gasteiger charge is -2.28. The van der Waals surface area contributed by atoms with Crippen molar-refractivity contribution >= 4 is 20.0 Å². The molecule has 160 valence electrons. The highest BCUT2D eigenvalue weighted by Crippen LogP contribution is 2.24. The quantitative estimate of drug-likeness (QED) is 0.553. The first-order valence-electron chi connectivity index (χ1n) is 9.66. The summed E-state index contributed by atoms with van der Waals surface area (Å²) in [5.41, 5.74) is 0. The largest absolute Gasteiger partial charge is 0.468 e. The van der Waals surface area contributed by atoms with Gasteiger partial charge in [0.1, 0.15) is 5.76 Å². The van der Waals surface area contributed by atoms with Crippen molar-refractivity contribution in [3.05, 3.63) is 48.4 Å². The average molecular weight is 442 g/mol. The van der Waals surface area contributed by atoms with Gasteiger partial charge in [0, 0.05) is 12.6 Å². The minimum absolute atomic E-state index is 0.0105. The monoisotopic (exact) mass is 441 g/mol. The lowest BCUT2D eigenvalue weighted by Crippen LogP contribution is -2.37. The number of furan rings is 1. The molecule has 0 saturated heterocycles. The second kappa shape index (κ2) is 8.97. The Morgan fingerprint density at radius 3 is 2.07 bits per heavy atom. The number of rotatable bonds is 11. The Hall–Kier alpha value is -1.72. The van der Waals surface area contributed by atoms with Crippen LogP contribution in [0.2, 0.25) is 0 Å². The van der Waals surface area contributed by atoms with Crippen LogP contribution in [0.25, 0.3) is 0 Å². The smallest absolute Gasteiger partial charge is 0.240 e.